The van der Waals surface area contributed by atoms with Gasteiger partial charge >= 0.3 is 21.1 Å². The molecule has 22 nitrogen and oxygen atoms in total. The molecule has 6 heterocycles. The summed E-state index contributed by atoms with van der Waals surface area (Å²) in [5, 5.41) is 57.5. The van der Waals surface area contributed by atoms with Gasteiger partial charge in [-0.05, 0) is 0 Å². The zero-order valence-corrected chi connectivity index (χ0v) is 24.1. The van der Waals surface area contributed by atoms with Crippen molar-refractivity contribution in [2.45, 2.75) is 49.1 Å². The molecule has 16 N–H and O–H groups in total. The third-order valence-corrected chi connectivity index (χ3v) is 6.48. The third kappa shape index (κ3) is 6.30. The minimum Gasteiger partial charge on any atom is -0.693 e. The van der Waals surface area contributed by atoms with Crippen LogP contribution in [0.4, 0.5) is 11.9 Å². The maximum atomic E-state index is 11.7. The van der Waals surface area contributed by atoms with Crippen molar-refractivity contribution in [3.63, 3.8) is 0 Å². The van der Waals surface area contributed by atoms with E-state index in [2.05, 4.69) is 29.9 Å². The summed E-state index contributed by atoms with van der Waals surface area (Å²) in [5.41, 5.74) is 10.2. The first-order valence-corrected chi connectivity index (χ1v) is 11.7. The molecule has 0 spiro atoms. The Labute approximate surface area is 253 Å². The number of nitrogens with two attached hydrogens (primary N) is 4. The van der Waals surface area contributed by atoms with Gasteiger partial charge in [0.2, 0.25) is 11.9 Å². The van der Waals surface area contributed by atoms with Gasteiger partial charge in [0.05, 0.1) is 25.9 Å². The molecular formula is C20H30N12O10Pt+2. The van der Waals surface area contributed by atoms with Gasteiger partial charge in [0.1, 0.15) is 36.6 Å². The number of nitrogens with zero attached hydrogens (tertiary/aromatic N) is 6. The standard InChI is InChI=1S/2C10H13N5O5.2H2N.Pt/c2*11-10-13-7-4(8(19)14-10)12-2-15(7)9-6(18)5(17)3(1-16)20-9;;;/h2*2-3,5-6,9,16-18H,1H2,(H3,11,13,14,19);2*1H2;/q;;2*-1;+4/t3-,5-,6?,9-;3-,5-,6-,9-;;;/m11.../s1. The molecule has 4 aromatic rings. The fraction of sp³-hybridized carbons (Fsp3) is 0.500. The topological polar surface area (TPSA) is 386 Å². The molecule has 238 valence electrons. The maximum Gasteiger partial charge on any atom is 4.00 e. The van der Waals surface area contributed by atoms with Crippen LogP contribution in [0.15, 0.2) is 22.2 Å². The Morgan fingerprint density at radius 2 is 1.07 bits per heavy atom. The summed E-state index contributed by atoms with van der Waals surface area (Å²) < 4.78 is 13.3. The first kappa shape index (κ1) is 35.8. The Morgan fingerprint density at radius 1 is 0.721 bits per heavy atom. The van der Waals surface area contributed by atoms with Crippen LogP contribution in [0.1, 0.15) is 12.5 Å². The fourth-order valence-corrected chi connectivity index (χ4v) is 4.48. The van der Waals surface area contributed by atoms with E-state index in [1.54, 1.807) is 0 Å². The number of aromatic amines is 2. The van der Waals surface area contributed by atoms with Crippen molar-refractivity contribution in [1.29, 1.82) is 0 Å². The molecule has 2 fully saturated rings. The Bertz CT molecular complexity index is 1520. The number of H-pyrrole nitrogens is 2. The van der Waals surface area contributed by atoms with Crippen molar-refractivity contribution in [2.75, 3.05) is 24.7 Å². The van der Waals surface area contributed by atoms with Gasteiger partial charge in [0.25, 0.3) is 11.1 Å². The molecule has 0 bridgehead atoms. The minimum absolute atomic E-state index is 0. The molecular weight excluding hydrogens is 763 g/mol. The number of nitrogen functional groups attached to an aromatic ring is 2. The molecule has 8 atom stereocenters. The van der Waals surface area contributed by atoms with Crippen LogP contribution in [0, 0.1) is 0 Å². The number of anilines is 2. The molecule has 2 saturated heterocycles. The fourth-order valence-electron chi connectivity index (χ4n) is 4.48. The number of rotatable bonds is 4. The van der Waals surface area contributed by atoms with Crippen molar-refractivity contribution in [1.82, 2.24) is 39.0 Å². The average Bonchev–Trinajstić information content (AvgIpc) is 3.66. The molecule has 43 heavy (non-hydrogen) atoms. The second kappa shape index (κ2) is 13.9. The monoisotopic (exact) mass is 793 g/mol. The summed E-state index contributed by atoms with van der Waals surface area (Å²) in [5.74, 6) is -0.202. The minimum atomic E-state index is -1.29. The zero-order chi connectivity index (χ0) is 28.9. The number of aromatic nitrogens is 8. The van der Waals surface area contributed by atoms with E-state index in [1.165, 1.54) is 21.8 Å². The van der Waals surface area contributed by atoms with Gasteiger partial charge in [-0.3, -0.25) is 28.7 Å². The first-order valence-electron chi connectivity index (χ1n) is 11.7. The second-order valence-corrected chi connectivity index (χ2v) is 9.01. The first-order chi connectivity index (χ1) is 19.0. The normalized spacial score (nSPS) is 28.0. The number of hydrogen-bond acceptors (Lipinski definition) is 16. The maximum absolute atomic E-state index is 11.7. The summed E-state index contributed by atoms with van der Waals surface area (Å²) in [6.07, 6.45) is -6.43. The van der Waals surface area contributed by atoms with Crippen LogP contribution in [0.3, 0.4) is 0 Å². The number of hydrogen-bond donors (Lipinski definition) is 10. The quantitative estimate of drug-likeness (QED) is 0.0943. The van der Waals surface area contributed by atoms with Crippen LogP contribution >= 0.6 is 0 Å². The van der Waals surface area contributed by atoms with E-state index in [0.717, 1.165) is 0 Å². The number of ether oxygens (including phenoxy) is 2. The summed E-state index contributed by atoms with van der Waals surface area (Å²) in [4.78, 5) is 43.5. The van der Waals surface area contributed by atoms with Crippen molar-refractivity contribution >= 4 is 34.2 Å². The molecule has 23 heteroatoms. The van der Waals surface area contributed by atoms with Crippen LogP contribution in [-0.4, -0.2) is 120 Å². The zero-order valence-electron chi connectivity index (χ0n) is 21.8. The molecule has 0 radical (unpaired) electrons. The number of aliphatic hydroxyl groups excluding tert-OH is 6. The SMILES string of the molecule is Nc1nc2c(ncn2[C@@H]2O[C@H](CO)[C@@H](O)C2O)c(=O)[nH]1.Nc1nc2c(ncn2[C@@H]2O[C@H](CO)[C@@H](O)[C@H]2O)c(=O)[nH]1.[NH2-].[NH2-].[Pt+4]. The van der Waals surface area contributed by atoms with Crippen molar-refractivity contribution in [3.05, 3.63) is 45.7 Å². The Kier molecular flexibility index (Phi) is 11.6. The number of nitrogens with one attached hydrogen (secondary N) is 2. The molecule has 6 rings (SSSR count). The molecule has 0 aromatic carbocycles. The van der Waals surface area contributed by atoms with Gasteiger partial charge in [-0.25, -0.2) is 9.97 Å². The van der Waals surface area contributed by atoms with Crippen LogP contribution in [0.25, 0.3) is 34.6 Å². The molecule has 1 unspecified atom stereocenters. The van der Waals surface area contributed by atoms with E-state index < -0.39 is 73.4 Å². The van der Waals surface area contributed by atoms with Crippen LogP contribution in [0.5, 0.6) is 0 Å². The van der Waals surface area contributed by atoms with Gasteiger partial charge in [0, 0.05) is 0 Å². The van der Waals surface area contributed by atoms with Crippen LogP contribution in [0.2, 0.25) is 0 Å². The number of imidazole rings is 2. The van der Waals surface area contributed by atoms with Crippen molar-refractivity contribution in [2.24, 2.45) is 0 Å². The average molecular weight is 794 g/mol. The predicted octanol–water partition coefficient (Wildman–Crippen LogP) is -3.94. The van der Waals surface area contributed by atoms with Gasteiger partial charge in [-0.2, -0.15) is 9.97 Å². The van der Waals surface area contributed by atoms with E-state index >= 15 is 0 Å². The molecule has 2 aliphatic heterocycles. The molecule has 0 aliphatic carbocycles. The van der Waals surface area contributed by atoms with Gasteiger partial charge < -0.3 is 63.9 Å². The Morgan fingerprint density at radius 3 is 1.37 bits per heavy atom. The van der Waals surface area contributed by atoms with E-state index in [0.29, 0.717) is 0 Å². The summed E-state index contributed by atoms with van der Waals surface area (Å²) in [6.45, 7) is -0.894. The van der Waals surface area contributed by atoms with Gasteiger partial charge in [-0.1, -0.05) is 0 Å². The van der Waals surface area contributed by atoms with E-state index in [1.807, 2.05) is 0 Å². The van der Waals surface area contributed by atoms with Crippen LogP contribution in [-0.2, 0) is 30.5 Å². The van der Waals surface area contributed by atoms with Gasteiger partial charge in [-0.15, -0.1) is 0 Å². The Hall–Kier alpha value is -3.41. The van der Waals surface area contributed by atoms with E-state index in [9.17, 15) is 30.0 Å². The number of fused-ring (bicyclic) bond motifs is 2. The van der Waals surface area contributed by atoms with Crippen LogP contribution < -0.4 is 22.6 Å². The molecule has 2 aliphatic rings. The van der Waals surface area contributed by atoms with Crippen molar-refractivity contribution in [3.8, 4) is 0 Å². The summed E-state index contributed by atoms with van der Waals surface area (Å²) in [7, 11) is 0. The van der Waals surface area contributed by atoms with Gasteiger partial charge in [0.15, 0.2) is 34.8 Å². The van der Waals surface area contributed by atoms with E-state index in [4.69, 9.17) is 31.2 Å². The molecule has 4 aromatic heterocycles. The summed E-state index contributed by atoms with van der Waals surface area (Å²) >= 11 is 0. The predicted molar refractivity (Wildman–Crippen MR) is 142 cm³/mol. The second-order valence-electron chi connectivity index (χ2n) is 9.01. The van der Waals surface area contributed by atoms with Crippen molar-refractivity contribution < 1.29 is 61.2 Å². The molecule has 0 saturated carbocycles. The molecule has 0 amide bonds. The Balaban J connectivity index is 0.000000281. The van der Waals surface area contributed by atoms with E-state index in [-0.39, 0.29) is 67.6 Å². The number of aliphatic hydroxyl groups is 6. The summed E-state index contributed by atoms with van der Waals surface area (Å²) in [6, 6.07) is 0. The largest absolute Gasteiger partial charge is 4.00 e. The smallest absolute Gasteiger partial charge is 0.693 e. The third-order valence-electron chi connectivity index (χ3n) is 6.48.